The molecule has 2 aromatic rings. The van der Waals surface area contributed by atoms with Crippen LogP contribution in [-0.4, -0.2) is 31.0 Å². The van der Waals surface area contributed by atoms with Gasteiger partial charge in [-0.05, 0) is 71.2 Å². The average Bonchev–Trinajstić information content (AvgIpc) is 2.68. The number of halogens is 1. The maximum absolute atomic E-state index is 12.3. The van der Waals surface area contributed by atoms with Crippen molar-refractivity contribution in [2.24, 2.45) is 0 Å². The fraction of sp³-hybridized carbons (Fsp3) is 0.381. The van der Waals surface area contributed by atoms with Crippen LogP contribution in [0.2, 0.25) is 0 Å². The molecule has 1 fully saturated rings. The first-order chi connectivity index (χ1) is 12.7. The summed E-state index contributed by atoms with van der Waals surface area (Å²) in [5.74, 6) is 0.622. The zero-order valence-corrected chi connectivity index (χ0v) is 16.7. The van der Waals surface area contributed by atoms with Gasteiger partial charge < -0.3 is 10.1 Å². The molecule has 0 aliphatic carbocycles. The maximum Gasteiger partial charge on any atom is 0.251 e. The van der Waals surface area contributed by atoms with Gasteiger partial charge in [0, 0.05) is 18.7 Å². The van der Waals surface area contributed by atoms with E-state index >= 15 is 0 Å². The summed E-state index contributed by atoms with van der Waals surface area (Å²) in [6.45, 7) is 3.95. The van der Waals surface area contributed by atoms with Crippen LogP contribution < -0.4 is 10.1 Å². The van der Waals surface area contributed by atoms with Crippen molar-refractivity contribution in [3.05, 3.63) is 63.6 Å². The lowest BCUT2D eigenvalue weighted by Crippen LogP contribution is -2.29. The van der Waals surface area contributed by atoms with E-state index in [0.29, 0.717) is 17.9 Å². The fourth-order valence-corrected chi connectivity index (χ4v) is 3.77. The third-order valence-electron chi connectivity index (χ3n) is 4.74. The van der Waals surface area contributed by atoms with E-state index in [9.17, 15) is 4.79 Å². The van der Waals surface area contributed by atoms with E-state index in [2.05, 4.69) is 50.4 Å². The lowest BCUT2D eigenvalue weighted by atomic mass is 10.1. The predicted molar refractivity (Wildman–Crippen MR) is 107 cm³/mol. The van der Waals surface area contributed by atoms with E-state index in [-0.39, 0.29) is 5.91 Å². The minimum absolute atomic E-state index is 0.0919. The maximum atomic E-state index is 12.3. The number of hydrogen-bond donors (Lipinski definition) is 1. The van der Waals surface area contributed by atoms with Crippen LogP contribution in [0.25, 0.3) is 0 Å². The van der Waals surface area contributed by atoms with E-state index in [1.54, 1.807) is 25.3 Å². The van der Waals surface area contributed by atoms with E-state index in [1.807, 2.05) is 0 Å². The van der Waals surface area contributed by atoms with Gasteiger partial charge in [-0.3, -0.25) is 9.69 Å². The summed E-state index contributed by atoms with van der Waals surface area (Å²) in [7, 11) is 1.61. The Hall–Kier alpha value is -1.85. The molecule has 1 heterocycles. The van der Waals surface area contributed by atoms with Crippen LogP contribution in [0, 0.1) is 0 Å². The number of nitrogens with zero attached hydrogens (tertiary/aromatic N) is 1. The van der Waals surface area contributed by atoms with Crippen LogP contribution in [0.4, 0.5) is 0 Å². The van der Waals surface area contributed by atoms with Crippen LogP contribution in [0.15, 0.2) is 46.9 Å². The van der Waals surface area contributed by atoms with Crippen LogP contribution in [0.1, 0.15) is 40.7 Å². The zero-order valence-electron chi connectivity index (χ0n) is 15.1. The minimum Gasteiger partial charge on any atom is -0.496 e. The second-order valence-corrected chi connectivity index (χ2v) is 7.54. The van der Waals surface area contributed by atoms with Gasteiger partial charge in [-0.1, -0.05) is 30.7 Å². The molecular formula is C21H25BrN2O2. The number of carbonyl (C=O) groups excluding carboxylic acids is 1. The molecule has 0 unspecified atom stereocenters. The number of amides is 1. The number of ether oxygens (including phenoxy) is 1. The van der Waals surface area contributed by atoms with Gasteiger partial charge >= 0.3 is 0 Å². The number of rotatable bonds is 6. The second kappa shape index (κ2) is 9.19. The molecule has 2 aromatic carbocycles. The van der Waals surface area contributed by atoms with Crippen molar-refractivity contribution in [3.63, 3.8) is 0 Å². The van der Waals surface area contributed by atoms with Crippen molar-refractivity contribution in [2.45, 2.75) is 32.4 Å². The molecule has 1 amide bonds. The standard InChI is InChI=1S/C21H25BrN2O2/c1-26-20-10-9-18(13-19(20)22)21(25)23-14-16-5-7-17(8-6-16)15-24-11-3-2-4-12-24/h5-10,13H,2-4,11-12,14-15H2,1H3,(H,23,25). The highest BCUT2D eigenvalue weighted by atomic mass is 79.9. The number of benzene rings is 2. The topological polar surface area (TPSA) is 41.6 Å². The van der Waals surface area contributed by atoms with Gasteiger partial charge in [-0.15, -0.1) is 0 Å². The smallest absolute Gasteiger partial charge is 0.251 e. The monoisotopic (exact) mass is 416 g/mol. The first-order valence-corrected chi connectivity index (χ1v) is 9.87. The first-order valence-electron chi connectivity index (χ1n) is 9.07. The quantitative estimate of drug-likeness (QED) is 0.759. The molecule has 0 aromatic heterocycles. The molecule has 0 atom stereocenters. The highest BCUT2D eigenvalue weighted by Gasteiger charge is 2.11. The van der Waals surface area contributed by atoms with Crippen LogP contribution in [0.5, 0.6) is 5.75 Å². The van der Waals surface area contributed by atoms with Crippen LogP contribution >= 0.6 is 15.9 Å². The van der Waals surface area contributed by atoms with E-state index < -0.39 is 0 Å². The van der Waals surface area contributed by atoms with Crippen molar-refractivity contribution in [1.29, 1.82) is 0 Å². The number of nitrogens with one attached hydrogen (secondary N) is 1. The van der Waals surface area contributed by atoms with Crippen molar-refractivity contribution in [3.8, 4) is 5.75 Å². The summed E-state index contributed by atoms with van der Waals surface area (Å²) >= 11 is 3.41. The molecule has 0 bridgehead atoms. The third kappa shape index (κ3) is 5.08. The Balaban J connectivity index is 1.52. The van der Waals surface area contributed by atoms with Crippen LogP contribution in [-0.2, 0) is 13.1 Å². The van der Waals surface area contributed by atoms with Gasteiger partial charge in [-0.2, -0.15) is 0 Å². The molecule has 0 spiro atoms. The van der Waals surface area contributed by atoms with Crippen LogP contribution in [0.3, 0.4) is 0 Å². The number of piperidine rings is 1. The number of carbonyl (C=O) groups is 1. The Kier molecular flexibility index (Phi) is 6.69. The third-order valence-corrected chi connectivity index (χ3v) is 5.36. The van der Waals surface area contributed by atoms with Crippen molar-refractivity contribution < 1.29 is 9.53 Å². The summed E-state index contributed by atoms with van der Waals surface area (Å²) in [6.07, 6.45) is 3.98. The molecule has 1 saturated heterocycles. The normalized spacial score (nSPS) is 14.8. The van der Waals surface area contributed by atoms with E-state index in [0.717, 1.165) is 16.6 Å². The van der Waals surface area contributed by atoms with E-state index in [1.165, 1.54) is 37.9 Å². The van der Waals surface area contributed by atoms with Gasteiger partial charge in [0.05, 0.1) is 11.6 Å². The number of hydrogen-bond acceptors (Lipinski definition) is 3. The summed E-state index contributed by atoms with van der Waals surface area (Å²) in [5, 5.41) is 2.97. The predicted octanol–water partition coefficient (Wildman–Crippen LogP) is 4.37. The SMILES string of the molecule is COc1ccc(C(=O)NCc2ccc(CN3CCCCC3)cc2)cc1Br. The van der Waals surface area contributed by atoms with Gasteiger partial charge in [0.2, 0.25) is 0 Å². The molecule has 1 N–H and O–H groups in total. The fourth-order valence-electron chi connectivity index (χ4n) is 3.23. The van der Waals surface area contributed by atoms with Gasteiger partial charge in [-0.25, -0.2) is 0 Å². The second-order valence-electron chi connectivity index (χ2n) is 6.69. The van der Waals surface area contributed by atoms with E-state index in [4.69, 9.17) is 4.74 Å². The van der Waals surface area contributed by atoms with Gasteiger partial charge in [0.1, 0.15) is 5.75 Å². The molecule has 138 valence electrons. The lowest BCUT2D eigenvalue weighted by molar-refractivity contribution is 0.0951. The molecular weight excluding hydrogens is 392 g/mol. The molecule has 4 nitrogen and oxygen atoms in total. The number of methoxy groups -OCH3 is 1. The lowest BCUT2D eigenvalue weighted by Gasteiger charge is -2.26. The Labute approximate surface area is 163 Å². The average molecular weight is 417 g/mol. The van der Waals surface area contributed by atoms with Gasteiger partial charge in [0.25, 0.3) is 5.91 Å². The largest absolute Gasteiger partial charge is 0.496 e. The summed E-state index contributed by atoms with van der Waals surface area (Å²) < 4.78 is 5.97. The minimum atomic E-state index is -0.0919. The summed E-state index contributed by atoms with van der Waals surface area (Å²) in [5.41, 5.74) is 3.05. The molecule has 0 saturated carbocycles. The highest BCUT2D eigenvalue weighted by molar-refractivity contribution is 9.10. The molecule has 0 radical (unpaired) electrons. The van der Waals surface area contributed by atoms with Crippen molar-refractivity contribution in [2.75, 3.05) is 20.2 Å². The Bertz CT molecular complexity index is 740. The molecule has 26 heavy (non-hydrogen) atoms. The Morgan fingerprint density at radius 3 is 2.42 bits per heavy atom. The Morgan fingerprint density at radius 1 is 1.08 bits per heavy atom. The summed E-state index contributed by atoms with van der Waals surface area (Å²) in [6, 6.07) is 13.9. The van der Waals surface area contributed by atoms with Crippen molar-refractivity contribution >= 4 is 21.8 Å². The Morgan fingerprint density at radius 2 is 1.77 bits per heavy atom. The van der Waals surface area contributed by atoms with Crippen molar-refractivity contribution in [1.82, 2.24) is 10.2 Å². The van der Waals surface area contributed by atoms with Gasteiger partial charge in [0.15, 0.2) is 0 Å². The zero-order chi connectivity index (χ0) is 18.4. The first kappa shape index (κ1) is 18.9. The molecule has 1 aliphatic heterocycles. The number of likely N-dealkylation sites (tertiary alicyclic amines) is 1. The molecule has 3 rings (SSSR count). The molecule has 5 heteroatoms. The highest BCUT2D eigenvalue weighted by Crippen LogP contribution is 2.25. The summed E-state index contributed by atoms with van der Waals surface area (Å²) in [4.78, 5) is 14.8. The molecule has 1 aliphatic rings.